The third-order valence-corrected chi connectivity index (χ3v) is 6.54. The molecule has 0 spiro atoms. The third-order valence-electron chi connectivity index (χ3n) is 6.54. The number of fused-ring (bicyclic) bond motifs is 3. The topological polar surface area (TPSA) is 93.0 Å². The summed E-state index contributed by atoms with van der Waals surface area (Å²) in [5.41, 5.74) is 0.517. The fourth-order valence-electron chi connectivity index (χ4n) is 5.12. The van der Waals surface area contributed by atoms with Crippen molar-refractivity contribution in [2.24, 2.45) is 7.05 Å². The Hall–Kier alpha value is -3.23. The molecule has 30 heavy (non-hydrogen) atoms. The van der Waals surface area contributed by atoms with Gasteiger partial charge in [0.25, 0.3) is 5.56 Å². The molecule has 8 nitrogen and oxygen atoms in total. The number of nitrogens with one attached hydrogen (secondary N) is 1. The van der Waals surface area contributed by atoms with Crippen molar-refractivity contribution in [1.29, 1.82) is 0 Å². The summed E-state index contributed by atoms with van der Waals surface area (Å²) in [5.74, 6) is 0.0283. The Kier molecular flexibility index (Phi) is 4.34. The van der Waals surface area contributed by atoms with E-state index in [4.69, 9.17) is 0 Å². The maximum atomic E-state index is 13.3. The van der Waals surface area contributed by atoms with Crippen molar-refractivity contribution in [3.05, 3.63) is 62.8 Å². The number of piperidine rings is 1. The molecule has 2 aliphatic heterocycles. The number of hydrogen-bond donors (Lipinski definition) is 1. The number of imidazole rings is 1. The molecule has 1 amide bonds. The second-order valence-electron chi connectivity index (χ2n) is 8.27. The van der Waals surface area contributed by atoms with Gasteiger partial charge in [-0.05, 0) is 49.3 Å². The molecule has 2 fully saturated rings. The normalized spacial score (nSPS) is 23.3. The fourth-order valence-corrected chi connectivity index (χ4v) is 5.12. The number of amides is 1. The predicted octanol–water partition coefficient (Wildman–Crippen LogP) is 1.50. The van der Waals surface area contributed by atoms with Crippen LogP contribution in [0.2, 0.25) is 0 Å². The average molecular weight is 411 g/mol. The van der Waals surface area contributed by atoms with Gasteiger partial charge in [0.2, 0.25) is 5.91 Å². The van der Waals surface area contributed by atoms with Gasteiger partial charge in [-0.1, -0.05) is 12.1 Å². The molecule has 156 valence electrons. The van der Waals surface area contributed by atoms with Crippen molar-refractivity contribution in [3.8, 4) is 0 Å². The quantitative estimate of drug-likeness (QED) is 0.707. The lowest BCUT2D eigenvalue weighted by Crippen LogP contribution is -2.47. The summed E-state index contributed by atoms with van der Waals surface area (Å²) in [4.78, 5) is 45.6. The van der Waals surface area contributed by atoms with E-state index in [1.165, 1.54) is 34.6 Å². The predicted molar refractivity (Wildman–Crippen MR) is 108 cm³/mol. The largest absolute Gasteiger partial charge is 0.335 e. The molecule has 4 heterocycles. The van der Waals surface area contributed by atoms with Crippen LogP contribution in [0.3, 0.4) is 0 Å². The highest BCUT2D eigenvalue weighted by Gasteiger charge is 2.43. The van der Waals surface area contributed by atoms with Crippen LogP contribution in [0.25, 0.3) is 11.2 Å². The average Bonchev–Trinajstić information content (AvgIpc) is 3.25. The first-order valence-electron chi connectivity index (χ1n) is 10.1. The van der Waals surface area contributed by atoms with E-state index in [0.717, 1.165) is 31.2 Å². The first-order chi connectivity index (χ1) is 14.4. The maximum absolute atomic E-state index is 13.3. The van der Waals surface area contributed by atoms with E-state index in [2.05, 4.69) is 9.97 Å². The summed E-state index contributed by atoms with van der Waals surface area (Å²) < 4.78 is 16.0. The number of halogens is 1. The number of carbonyl (C=O) groups excluding carboxylic acids is 1. The molecule has 9 heteroatoms. The summed E-state index contributed by atoms with van der Waals surface area (Å²) in [6.07, 6.45) is 5.05. The molecule has 0 saturated carbocycles. The van der Waals surface area contributed by atoms with Crippen molar-refractivity contribution in [3.63, 3.8) is 0 Å². The van der Waals surface area contributed by atoms with Crippen molar-refractivity contribution in [2.75, 3.05) is 0 Å². The Morgan fingerprint density at radius 1 is 1.17 bits per heavy atom. The van der Waals surface area contributed by atoms with Gasteiger partial charge in [-0.2, -0.15) is 0 Å². The molecule has 1 aromatic carbocycles. The summed E-state index contributed by atoms with van der Waals surface area (Å²) in [5, 5.41) is 0. The third kappa shape index (κ3) is 2.96. The van der Waals surface area contributed by atoms with E-state index in [1.807, 2.05) is 17.0 Å². The van der Waals surface area contributed by atoms with Gasteiger partial charge in [0.1, 0.15) is 12.4 Å². The number of benzene rings is 1. The Balaban J connectivity index is 1.38. The van der Waals surface area contributed by atoms with Gasteiger partial charge in [0, 0.05) is 19.1 Å². The number of nitrogens with zero attached hydrogens (tertiary/aromatic N) is 4. The lowest BCUT2D eigenvalue weighted by molar-refractivity contribution is -0.136. The summed E-state index contributed by atoms with van der Waals surface area (Å²) in [6.45, 7) is 0.00595. The zero-order valence-corrected chi connectivity index (χ0v) is 16.5. The first-order valence-corrected chi connectivity index (χ1v) is 10.1. The van der Waals surface area contributed by atoms with Gasteiger partial charge in [-0.25, -0.2) is 14.2 Å². The zero-order valence-electron chi connectivity index (χ0n) is 16.5. The Labute approximate surface area is 171 Å². The van der Waals surface area contributed by atoms with Crippen molar-refractivity contribution in [2.45, 2.75) is 50.2 Å². The number of aryl methyl sites for hydroxylation is 1. The Morgan fingerprint density at radius 2 is 1.83 bits per heavy atom. The molecule has 2 aliphatic rings. The van der Waals surface area contributed by atoms with Crippen LogP contribution < -0.4 is 11.2 Å². The van der Waals surface area contributed by atoms with E-state index >= 15 is 0 Å². The highest BCUT2D eigenvalue weighted by atomic mass is 19.1. The molecule has 2 aromatic heterocycles. The molecular weight excluding hydrogens is 389 g/mol. The monoisotopic (exact) mass is 411 g/mol. The maximum Gasteiger partial charge on any atom is 0.329 e. The van der Waals surface area contributed by atoms with Crippen LogP contribution in [0.4, 0.5) is 4.39 Å². The summed E-state index contributed by atoms with van der Waals surface area (Å²) >= 11 is 0. The molecule has 2 saturated heterocycles. The molecule has 1 N–H and O–H groups in total. The first kappa shape index (κ1) is 18.8. The number of rotatable bonds is 3. The Bertz CT molecular complexity index is 1230. The van der Waals surface area contributed by atoms with Crippen molar-refractivity contribution >= 4 is 17.1 Å². The summed E-state index contributed by atoms with van der Waals surface area (Å²) in [7, 11) is 1.53. The molecular formula is C21H22FN5O3. The molecule has 0 radical (unpaired) electrons. The zero-order chi connectivity index (χ0) is 21.0. The second-order valence-corrected chi connectivity index (χ2v) is 8.27. The van der Waals surface area contributed by atoms with E-state index in [9.17, 15) is 18.8 Å². The molecule has 3 aromatic rings. The lowest BCUT2D eigenvalue weighted by Gasteiger charge is -2.39. The number of aromatic amines is 1. The van der Waals surface area contributed by atoms with Crippen LogP contribution in [0.15, 0.2) is 40.2 Å². The van der Waals surface area contributed by atoms with Gasteiger partial charge in [0.05, 0.1) is 6.33 Å². The fraction of sp³-hybridized carbons (Fsp3) is 0.429. The molecule has 5 rings (SSSR count). The van der Waals surface area contributed by atoms with Crippen LogP contribution >= 0.6 is 0 Å². The summed E-state index contributed by atoms with van der Waals surface area (Å²) in [6, 6.07) is 6.94. The second kappa shape index (κ2) is 6.93. The lowest BCUT2D eigenvalue weighted by atomic mass is 9.85. The standard InChI is InChI=1S/C21H22FN5O3/c1-25-19-18(20(29)24-21(25)30)26(11-23-19)10-17(28)27-15-6-7-16(27)9-13(8-15)12-2-4-14(22)5-3-12/h2-5,11,13,15-16H,6-10H2,1H3,(H,24,29,30). The SMILES string of the molecule is Cn1c(=O)[nH]c(=O)c2c1ncn2CC(=O)N1C2CCC1CC(c1ccc(F)cc1)C2. The molecule has 2 bridgehead atoms. The number of hydrogen-bond acceptors (Lipinski definition) is 4. The van der Waals surface area contributed by atoms with Gasteiger partial charge < -0.3 is 9.47 Å². The smallest absolute Gasteiger partial charge is 0.329 e. The van der Waals surface area contributed by atoms with Gasteiger partial charge in [0.15, 0.2) is 11.2 Å². The van der Waals surface area contributed by atoms with E-state index in [1.54, 1.807) is 0 Å². The highest BCUT2D eigenvalue weighted by molar-refractivity contribution is 5.80. The molecule has 2 atom stereocenters. The van der Waals surface area contributed by atoms with Crippen LogP contribution in [-0.2, 0) is 18.4 Å². The minimum absolute atomic E-state index is 0.00595. The van der Waals surface area contributed by atoms with E-state index < -0.39 is 11.2 Å². The van der Waals surface area contributed by atoms with Crippen LogP contribution in [0.1, 0.15) is 37.2 Å². The number of H-pyrrole nitrogens is 1. The minimum atomic E-state index is -0.545. The van der Waals surface area contributed by atoms with Crippen LogP contribution in [-0.4, -0.2) is 42.0 Å². The number of carbonyl (C=O) groups is 1. The van der Waals surface area contributed by atoms with E-state index in [-0.39, 0.29) is 41.5 Å². The minimum Gasteiger partial charge on any atom is -0.335 e. The van der Waals surface area contributed by atoms with E-state index in [0.29, 0.717) is 5.92 Å². The highest BCUT2D eigenvalue weighted by Crippen LogP contribution is 2.43. The van der Waals surface area contributed by atoms with Crippen molar-refractivity contribution in [1.82, 2.24) is 24.0 Å². The Morgan fingerprint density at radius 3 is 2.50 bits per heavy atom. The molecule has 2 unspecified atom stereocenters. The van der Waals surface area contributed by atoms with Crippen molar-refractivity contribution < 1.29 is 9.18 Å². The van der Waals surface area contributed by atoms with Crippen LogP contribution in [0, 0.1) is 5.82 Å². The van der Waals surface area contributed by atoms with Gasteiger partial charge in [-0.15, -0.1) is 0 Å². The van der Waals surface area contributed by atoms with Gasteiger partial charge >= 0.3 is 5.69 Å². The van der Waals surface area contributed by atoms with Crippen LogP contribution in [0.5, 0.6) is 0 Å². The number of aromatic nitrogens is 4. The molecule has 0 aliphatic carbocycles. The van der Waals surface area contributed by atoms with Gasteiger partial charge in [-0.3, -0.25) is 19.1 Å².